The molecular formula is C31H29BrN2O4. The van der Waals surface area contributed by atoms with Gasteiger partial charge in [-0.15, -0.1) is 0 Å². The van der Waals surface area contributed by atoms with Crippen molar-refractivity contribution in [3.05, 3.63) is 105 Å². The van der Waals surface area contributed by atoms with E-state index in [0.29, 0.717) is 11.3 Å². The molecule has 3 aromatic carbocycles. The van der Waals surface area contributed by atoms with Gasteiger partial charge in [0.2, 0.25) is 5.78 Å². The number of nitrogens with zero attached hydrogens (tertiary/aromatic N) is 2. The SMILES string of the molecule is CCN(CC)c1ccc(C2C(C(=O)c3cc4cc(Br)ccc4o3)=C(O)C(=O)N2c2ccc(C)cc2C)cc1. The first kappa shape index (κ1) is 25.8. The number of aliphatic hydroxyl groups excluding tert-OH is 1. The van der Waals surface area contributed by atoms with Crippen molar-refractivity contribution in [1.82, 2.24) is 0 Å². The molecule has 0 fully saturated rings. The smallest absolute Gasteiger partial charge is 0.294 e. The van der Waals surface area contributed by atoms with Gasteiger partial charge < -0.3 is 14.4 Å². The molecular weight excluding hydrogens is 544 g/mol. The highest BCUT2D eigenvalue weighted by atomic mass is 79.9. The second-order valence-electron chi connectivity index (χ2n) is 9.52. The number of aryl methyl sites for hydroxylation is 2. The van der Waals surface area contributed by atoms with Crippen molar-refractivity contribution in [2.75, 3.05) is 22.9 Å². The minimum Gasteiger partial charge on any atom is -0.503 e. The number of Topliss-reactive ketones (excluding diaryl/α,β-unsaturated/α-hetero) is 1. The standard InChI is InChI=1S/C31H29BrN2O4/c1-5-33(6-2)23-11-8-20(9-12-23)28-27(29(35)26-17-21-16-22(32)10-14-25(21)38-26)30(36)31(37)34(28)24-13-7-18(3)15-19(24)4/h7-17,28,36H,5-6H2,1-4H3. The van der Waals surface area contributed by atoms with E-state index in [1.165, 1.54) is 4.90 Å². The second kappa shape index (κ2) is 10.1. The largest absolute Gasteiger partial charge is 0.503 e. The number of hydrogen-bond acceptors (Lipinski definition) is 5. The van der Waals surface area contributed by atoms with Crippen LogP contribution in [0.2, 0.25) is 0 Å². The van der Waals surface area contributed by atoms with Gasteiger partial charge in [-0.1, -0.05) is 45.8 Å². The Labute approximate surface area is 230 Å². The Morgan fingerprint density at radius 1 is 1.00 bits per heavy atom. The van der Waals surface area contributed by atoms with Crippen LogP contribution >= 0.6 is 15.9 Å². The first-order chi connectivity index (χ1) is 18.2. The average Bonchev–Trinajstić information content (AvgIpc) is 3.43. The van der Waals surface area contributed by atoms with Crippen LogP contribution in [0.3, 0.4) is 0 Å². The maximum atomic E-state index is 13.9. The topological polar surface area (TPSA) is 74.0 Å². The van der Waals surface area contributed by atoms with Crippen LogP contribution in [0.15, 0.2) is 87.0 Å². The number of rotatable bonds is 7. The molecule has 7 heteroatoms. The quantitative estimate of drug-likeness (QED) is 0.233. The highest BCUT2D eigenvalue weighted by molar-refractivity contribution is 9.10. The van der Waals surface area contributed by atoms with E-state index in [9.17, 15) is 14.7 Å². The molecule has 0 saturated carbocycles. The zero-order chi connectivity index (χ0) is 27.1. The summed E-state index contributed by atoms with van der Waals surface area (Å²) in [5.74, 6) is -1.63. The number of benzene rings is 3. The molecule has 5 rings (SSSR count). The third-order valence-corrected chi connectivity index (χ3v) is 7.60. The van der Waals surface area contributed by atoms with Crippen LogP contribution in [0.5, 0.6) is 0 Å². The lowest BCUT2D eigenvalue weighted by molar-refractivity contribution is -0.117. The predicted molar refractivity (Wildman–Crippen MR) is 154 cm³/mol. The minimum atomic E-state index is -0.817. The van der Waals surface area contributed by atoms with E-state index in [1.807, 2.05) is 68.4 Å². The fourth-order valence-electron chi connectivity index (χ4n) is 5.19. The van der Waals surface area contributed by atoms with Crippen LogP contribution in [0.25, 0.3) is 11.0 Å². The number of carbonyl (C=O) groups is 2. The Balaban J connectivity index is 1.65. The Hall–Kier alpha value is -3.84. The fourth-order valence-corrected chi connectivity index (χ4v) is 5.57. The van der Waals surface area contributed by atoms with Crippen LogP contribution in [0.1, 0.15) is 47.1 Å². The summed E-state index contributed by atoms with van der Waals surface area (Å²) in [5.41, 5.74) is 4.89. The highest BCUT2D eigenvalue weighted by Gasteiger charge is 2.45. The van der Waals surface area contributed by atoms with Gasteiger partial charge in [0.05, 0.1) is 11.6 Å². The van der Waals surface area contributed by atoms with Gasteiger partial charge in [-0.2, -0.15) is 0 Å². The number of furan rings is 1. The minimum absolute atomic E-state index is 0.00341. The van der Waals surface area contributed by atoms with Crippen molar-refractivity contribution < 1.29 is 19.1 Å². The molecule has 1 aromatic heterocycles. The molecule has 1 amide bonds. The number of ketones is 1. The average molecular weight is 573 g/mol. The van der Waals surface area contributed by atoms with Gasteiger partial charge >= 0.3 is 0 Å². The van der Waals surface area contributed by atoms with Gasteiger partial charge in [-0.3, -0.25) is 14.5 Å². The van der Waals surface area contributed by atoms with E-state index in [4.69, 9.17) is 4.42 Å². The van der Waals surface area contributed by atoms with Gasteiger partial charge in [0.1, 0.15) is 5.58 Å². The third-order valence-electron chi connectivity index (χ3n) is 7.10. The maximum absolute atomic E-state index is 13.9. The first-order valence-electron chi connectivity index (χ1n) is 12.7. The van der Waals surface area contributed by atoms with Gasteiger partial charge in [-0.05, 0) is 81.3 Å². The van der Waals surface area contributed by atoms with Crippen molar-refractivity contribution in [3.8, 4) is 0 Å². The number of carbonyl (C=O) groups excluding carboxylic acids is 2. The van der Waals surface area contributed by atoms with Crippen molar-refractivity contribution in [2.24, 2.45) is 0 Å². The number of aliphatic hydroxyl groups is 1. The van der Waals surface area contributed by atoms with E-state index >= 15 is 0 Å². The molecule has 6 nitrogen and oxygen atoms in total. The molecule has 0 saturated heterocycles. The number of anilines is 2. The Bertz CT molecular complexity index is 1580. The van der Waals surface area contributed by atoms with Crippen molar-refractivity contribution in [2.45, 2.75) is 33.7 Å². The van der Waals surface area contributed by atoms with E-state index in [2.05, 4.69) is 34.7 Å². The summed E-state index contributed by atoms with van der Waals surface area (Å²) in [6.07, 6.45) is 0. The second-order valence-corrected chi connectivity index (χ2v) is 10.4. The number of halogens is 1. The lowest BCUT2D eigenvalue weighted by Crippen LogP contribution is -2.31. The summed E-state index contributed by atoms with van der Waals surface area (Å²) >= 11 is 3.44. The molecule has 194 valence electrons. The molecule has 1 unspecified atom stereocenters. The summed E-state index contributed by atoms with van der Waals surface area (Å²) in [6.45, 7) is 9.82. The van der Waals surface area contributed by atoms with Gasteiger partial charge in [-0.25, -0.2) is 0 Å². The van der Waals surface area contributed by atoms with Crippen LogP contribution < -0.4 is 9.80 Å². The van der Waals surface area contributed by atoms with Crippen LogP contribution in [0.4, 0.5) is 11.4 Å². The van der Waals surface area contributed by atoms with Crippen LogP contribution in [-0.4, -0.2) is 29.9 Å². The molecule has 0 radical (unpaired) electrons. The van der Waals surface area contributed by atoms with Crippen molar-refractivity contribution >= 4 is 50.0 Å². The Kier molecular flexibility index (Phi) is 6.88. The lowest BCUT2D eigenvalue weighted by atomic mass is 9.94. The third kappa shape index (κ3) is 4.41. The highest BCUT2D eigenvalue weighted by Crippen LogP contribution is 2.43. The molecule has 0 aliphatic carbocycles. The summed E-state index contributed by atoms with van der Waals surface area (Å²) < 4.78 is 6.73. The monoisotopic (exact) mass is 572 g/mol. The normalized spacial score (nSPS) is 15.6. The Morgan fingerprint density at radius 2 is 1.71 bits per heavy atom. The zero-order valence-corrected chi connectivity index (χ0v) is 23.4. The van der Waals surface area contributed by atoms with E-state index in [1.54, 1.807) is 12.1 Å². The van der Waals surface area contributed by atoms with E-state index < -0.39 is 23.5 Å². The van der Waals surface area contributed by atoms with Gasteiger partial charge in [0.15, 0.2) is 11.5 Å². The summed E-state index contributed by atoms with van der Waals surface area (Å²) in [4.78, 5) is 31.2. The zero-order valence-electron chi connectivity index (χ0n) is 21.8. The summed E-state index contributed by atoms with van der Waals surface area (Å²) in [5, 5.41) is 11.9. The maximum Gasteiger partial charge on any atom is 0.294 e. The molecule has 1 atom stereocenters. The Morgan fingerprint density at radius 3 is 2.37 bits per heavy atom. The van der Waals surface area contributed by atoms with Crippen molar-refractivity contribution in [3.63, 3.8) is 0 Å². The van der Waals surface area contributed by atoms with Gasteiger partial charge in [0.25, 0.3) is 5.91 Å². The summed E-state index contributed by atoms with van der Waals surface area (Å²) in [6, 6.07) is 19.9. The van der Waals surface area contributed by atoms with E-state index in [0.717, 1.165) is 45.3 Å². The van der Waals surface area contributed by atoms with Crippen molar-refractivity contribution in [1.29, 1.82) is 0 Å². The van der Waals surface area contributed by atoms with Crippen LogP contribution in [-0.2, 0) is 4.79 Å². The molecule has 38 heavy (non-hydrogen) atoms. The molecule has 0 spiro atoms. The first-order valence-corrected chi connectivity index (χ1v) is 13.4. The number of amides is 1. The molecule has 1 N–H and O–H groups in total. The predicted octanol–water partition coefficient (Wildman–Crippen LogP) is 7.44. The fraction of sp³-hybridized carbons (Fsp3) is 0.226. The van der Waals surface area contributed by atoms with Crippen LogP contribution in [0, 0.1) is 13.8 Å². The number of hydrogen-bond donors (Lipinski definition) is 1. The molecule has 2 heterocycles. The molecule has 1 aliphatic heterocycles. The lowest BCUT2D eigenvalue weighted by Gasteiger charge is -2.29. The summed E-state index contributed by atoms with van der Waals surface area (Å²) in [7, 11) is 0. The molecule has 1 aliphatic rings. The van der Waals surface area contributed by atoms with E-state index in [-0.39, 0.29) is 11.3 Å². The van der Waals surface area contributed by atoms with Gasteiger partial charge in [0, 0.05) is 34.3 Å². The number of fused-ring (bicyclic) bond motifs is 1. The molecule has 0 bridgehead atoms. The molecule has 4 aromatic rings.